The number of halogens is 1. The lowest BCUT2D eigenvalue weighted by Gasteiger charge is -2.14. The van der Waals surface area contributed by atoms with Gasteiger partial charge in [-0.3, -0.25) is 4.79 Å². The zero-order valence-electron chi connectivity index (χ0n) is 11.8. The minimum absolute atomic E-state index is 0.155. The van der Waals surface area contributed by atoms with Crippen LogP contribution in [0.5, 0.6) is 5.75 Å². The lowest BCUT2D eigenvalue weighted by molar-refractivity contribution is 0.337. The fourth-order valence-electron chi connectivity index (χ4n) is 2.50. The number of rotatable bonds is 3. The molecule has 3 rings (SSSR count). The van der Waals surface area contributed by atoms with Gasteiger partial charge in [-0.1, -0.05) is 6.08 Å². The van der Waals surface area contributed by atoms with E-state index in [2.05, 4.69) is 16.0 Å². The zero-order chi connectivity index (χ0) is 14.8. The summed E-state index contributed by atoms with van der Waals surface area (Å²) in [5.41, 5.74) is 2.30. The Kier molecular flexibility index (Phi) is 3.92. The summed E-state index contributed by atoms with van der Waals surface area (Å²) in [7, 11) is 1.68. The first-order chi connectivity index (χ1) is 10.1. The van der Waals surface area contributed by atoms with E-state index in [1.165, 1.54) is 23.0 Å². The first-order valence-electron chi connectivity index (χ1n) is 6.98. The average molecular weight is 306 g/mol. The van der Waals surface area contributed by atoms with E-state index in [1.54, 1.807) is 19.3 Å². The Morgan fingerprint density at radius 3 is 3.05 bits per heavy atom. The quantitative estimate of drug-likeness (QED) is 0.646. The van der Waals surface area contributed by atoms with E-state index in [9.17, 15) is 4.79 Å². The highest BCUT2D eigenvalue weighted by atomic mass is 35.5. The SMILES string of the molecule is Cn1c(=O)c(OCC2=CCCCC2)cc2nc(Cl)ncc21. The van der Waals surface area contributed by atoms with Crippen molar-refractivity contribution < 1.29 is 4.74 Å². The molecule has 0 saturated heterocycles. The van der Waals surface area contributed by atoms with E-state index in [4.69, 9.17) is 16.3 Å². The molecule has 2 aromatic rings. The highest BCUT2D eigenvalue weighted by Gasteiger charge is 2.11. The topological polar surface area (TPSA) is 57.0 Å². The van der Waals surface area contributed by atoms with Gasteiger partial charge in [0.15, 0.2) is 5.75 Å². The van der Waals surface area contributed by atoms with Crippen molar-refractivity contribution in [1.82, 2.24) is 14.5 Å². The van der Waals surface area contributed by atoms with Gasteiger partial charge in [0.2, 0.25) is 5.28 Å². The molecule has 0 aromatic carbocycles. The molecule has 2 aromatic heterocycles. The fraction of sp³-hybridized carbons (Fsp3) is 0.400. The van der Waals surface area contributed by atoms with Gasteiger partial charge in [0, 0.05) is 13.1 Å². The summed E-state index contributed by atoms with van der Waals surface area (Å²) in [6, 6.07) is 1.63. The predicted octanol–water partition coefficient (Wildman–Crippen LogP) is 2.86. The van der Waals surface area contributed by atoms with Crippen molar-refractivity contribution in [3.05, 3.63) is 39.5 Å². The molecule has 0 unspecified atom stereocenters. The summed E-state index contributed by atoms with van der Waals surface area (Å²) >= 11 is 5.80. The summed E-state index contributed by atoms with van der Waals surface area (Å²) in [5, 5.41) is 0.155. The van der Waals surface area contributed by atoms with E-state index >= 15 is 0 Å². The van der Waals surface area contributed by atoms with Crippen molar-refractivity contribution >= 4 is 22.6 Å². The number of aryl methyl sites for hydroxylation is 1. The maximum atomic E-state index is 12.3. The normalized spacial score (nSPS) is 15.0. The predicted molar refractivity (Wildman–Crippen MR) is 81.8 cm³/mol. The number of allylic oxidation sites excluding steroid dienone is 1. The lowest BCUT2D eigenvalue weighted by atomic mass is 10.0. The molecule has 2 heterocycles. The van der Waals surface area contributed by atoms with Crippen LogP contribution < -0.4 is 10.3 Å². The van der Waals surface area contributed by atoms with Crippen LogP contribution in [0.3, 0.4) is 0 Å². The third kappa shape index (κ3) is 2.93. The van der Waals surface area contributed by atoms with Crippen LogP contribution in [-0.4, -0.2) is 21.1 Å². The van der Waals surface area contributed by atoms with Crippen LogP contribution in [0.1, 0.15) is 25.7 Å². The van der Waals surface area contributed by atoms with Crippen molar-refractivity contribution in [1.29, 1.82) is 0 Å². The largest absolute Gasteiger partial charge is 0.483 e. The van der Waals surface area contributed by atoms with Gasteiger partial charge in [0.25, 0.3) is 5.56 Å². The summed E-state index contributed by atoms with van der Waals surface area (Å²) < 4.78 is 7.18. The first-order valence-corrected chi connectivity index (χ1v) is 7.36. The van der Waals surface area contributed by atoms with E-state index in [-0.39, 0.29) is 10.8 Å². The Labute approximate surface area is 127 Å². The molecule has 0 amide bonds. The molecule has 0 saturated carbocycles. The van der Waals surface area contributed by atoms with Crippen LogP contribution >= 0.6 is 11.6 Å². The third-order valence-corrected chi connectivity index (χ3v) is 3.89. The van der Waals surface area contributed by atoms with E-state index in [0.29, 0.717) is 23.4 Å². The van der Waals surface area contributed by atoms with Gasteiger partial charge < -0.3 is 9.30 Å². The number of hydrogen-bond donors (Lipinski definition) is 0. The molecular weight excluding hydrogens is 290 g/mol. The number of nitrogens with zero attached hydrogens (tertiary/aromatic N) is 3. The lowest BCUT2D eigenvalue weighted by Crippen LogP contribution is -2.21. The van der Waals surface area contributed by atoms with Crippen LogP contribution in [0.2, 0.25) is 5.28 Å². The minimum atomic E-state index is -0.190. The first kappa shape index (κ1) is 14.1. The number of aromatic nitrogens is 3. The summed E-state index contributed by atoms with van der Waals surface area (Å²) in [6.45, 7) is 0.458. The Bertz CT molecular complexity index is 767. The fourth-order valence-corrected chi connectivity index (χ4v) is 2.64. The van der Waals surface area contributed by atoms with Gasteiger partial charge in [-0.15, -0.1) is 0 Å². The third-order valence-electron chi connectivity index (χ3n) is 3.71. The molecule has 0 radical (unpaired) electrons. The molecular formula is C15H16ClN3O2. The van der Waals surface area contributed by atoms with Gasteiger partial charge >= 0.3 is 0 Å². The molecule has 0 N–H and O–H groups in total. The van der Waals surface area contributed by atoms with Crippen molar-refractivity contribution in [2.24, 2.45) is 7.05 Å². The molecule has 21 heavy (non-hydrogen) atoms. The summed E-state index contributed by atoms with van der Waals surface area (Å²) in [5.74, 6) is 0.297. The van der Waals surface area contributed by atoms with Crippen molar-refractivity contribution in [3.63, 3.8) is 0 Å². The van der Waals surface area contributed by atoms with Crippen LogP contribution in [0, 0.1) is 0 Å². The van der Waals surface area contributed by atoms with Crippen molar-refractivity contribution in [3.8, 4) is 5.75 Å². The number of hydrogen-bond acceptors (Lipinski definition) is 4. The van der Waals surface area contributed by atoms with E-state index in [0.717, 1.165) is 12.8 Å². The minimum Gasteiger partial charge on any atom is -0.483 e. The van der Waals surface area contributed by atoms with Gasteiger partial charge in [-0.25, -0.2) is 9.97 Å². The second-order valence-electron chi connectivity index (χ2n) is 5.18. The van der Waals surface area contributed by atoms with E-state index < -0.39 is 0 Å². The zero-order valence-corrected chi connectivity index (χ0v) is 12.6. The summed E-state index contributed by atoms with van der Waals surface area (Å²) in [4.78, 5) is 20.3. The highest BCUT2D eigenvalue weighted by molar-refractivity contribution is 6.28. The Morgan fingerprint density at radius 2 is 2.29 bits per heavy atom. The van der Waals surface area contributed by atoms with Crippen LogP contribution in [0.4, 0.5) is 0 Å². The van der Waals surface area contributed by atoms with Crippen molar-refractivity contribution in [2.45, 2.75) is 25.7 Å². The smallest absolute Gasteiger partial charge is 0.293 e. The van der Waals surface area contributed by atoms with Gasteiger partial charge in [-0.05, 0) is 42.9 Å². The summed E-state index contributed by atoms with van der Waals surface area (Å²) in [6.07, 6.45) is 8.30. The van der Waals surface area contributed by atoms with E-state index in [1.807, 2.05) is 0 Å². The van der Waals surface area contributed by atoms with Gasteiger partial charge in [0.1, 0.15) is 6.61 Å². The molecule has 0 aliphatic heterocycles. The second kappa shape index (κ2) is 5.85. The Balaban J connectivity index is 1.92. The standard InChI is InChI=1S/C15H16ClN3O2/c1-19-12-8-17-15(16)18-11(12)7-13(14(19)20)21-9-10-5-3-2-4-6-10/h5,7-8H,2-4,6,9H2,1H3. The van der Waals surface area contributed by atoms with Crippen LogP contribution in [0.25, 0.3) is 11.0 Å². The molecule has 0 atom stereocenters. The molecule has 6 heteroatoms. The average Bonchev–Trinajstić information content (AvgIpc) is 2.50. The molecule has 1 aliphatic rings. The molecule has 0 bridgehead atoms. The number of fused-ring (bicyclic) bond motifs is 1. The number of pyridine rings is 1. The second-order valence-corrected chi connectivity index (χ2v) is 5.52. The monoisotopic (exact) mass is 305 g/mol. The molecule has 0 fully saturated rings. The van der Waals surface area contributed by atoms with Crippen LogP contribution in [0.15, 0.2) is 28.7 Å². The highest BCUT2D eigenvalue weighted by Crippen LogP contribution is 2.20. The molecule has 110 valence electrons. The van der Waals surface area contributed by atoms with Gasteiger partial charge in [0.05, 0.1) is 17.2 Å². The number of ether oxygens (including phenoxy) is 1. The molecule has 0 spiro atoms. The Morgan fingerprint density at radius 1 is 1.43 bits per heavy atom. The maximum Gasteiger partial charge on any atom is 0.293 e. The van der Waals surface area contributed by atoms with Crippen LogP contribution in [-0.2, 0) is 7.05 Å². The molecule has 1 aliphatic carbocycles. The Hall–Kier alpha value is -1.88. The maximum absolute atomic E-state index is 12.3. The van der Waals surface area contributed by atoms with Crippen molar-refractivity contribution in [2.75, 3.05) is 6.61 Å². The molecule has 5 nitrogen and oxygen atoms in total. The van der Waals surface area contributed by atoms with Gasteiger partial charge in [-0.2, -0.15) is 0 Å².